The Hall–Kier alpha value is -0.770. The minimum Gasteiger partial charge on any atom is -0.338 e. The second-order valence-corrected chi connectivity index (χ2v) is 2.20. The molecule has 0 heterocycles. The first kappa shape index (κ1) is 10.2. The van der Waals surface area contributed by atoms with Crippen molar-refractivity contribution in [1.29, 1.82) is 0 Å². The molecule has 0 saturated heterocycles. The lowest BCUT2D eigenvalue weighted by Crippen LogP contribution is -2.40. The number of hydrogen-bond donors (Lipinski definition) is 2. The number of imide groups is 1. The van der Waals surface area contributed by atoms with Gasteiger partial charge in [-0.25, -0.2) is 4.79 Å². The Balaban J connectivity index is 3.44. The van der Waals surface area contributed by atoms with Crippen molar-refractivity contribution in [2.45, 2.75) is 13.3 Å². The Morgan fingerprint density at radius 1 is 1.45 bits per heavy atom. The summed E-state index contributed by atoms with van der Waals surface area (Å²) < 4.78 is 0. The molecule has 0 aromatic carbocycles. The molecule has 0 rings (SSSR count). The summed E-state index contributed by atoms with van der Waals surface area (Å²) in [5.74, 6) is -0.681. The first-order chi connectivity index (χ1) is 5.20. The van der Waals surface area contributed by atoms with Crippen LogP contribution in [-0.4, -0.2) is 24.4 Å². The van der Waals surface area contributed by atoms with E-state index >= 15 is 0 Å². The van der Waals surface area contributed by atoms with Crippen molar-refractivity contribution in [3.8, 4) is 0 Å². The number of carbonyl (C=O) groups is 2. The lowest BCUT2D eigenvalue weighted by atomic mass is 10.5. The van der Waals surface area contributed by atoms with Crippen molar-refractivity contribution in [3.63, 3.8) is 0 Å². The van der Waals surface area contributed by atoms with E-state index in [1.165, 1.54) is 0 Å². The van der Waals surface area contributed by atoms with E-state index in [2.05, 4.69) is 5.32 Å². The van der Waals surface area contributed by atoms with Crippen LogP contribution in [0, 0.1) is 0 Å². The summed E-state index contributed by atoms with van der Waals surface area (Å²) in [5, 5.41) is 4.51. The largest absolute Gasteiger partial charge is 0.338 e. The minimum atomic E-state index is -0.488. The van der Waals surface area contributed by atoms with E-state index in [4.69, 9.17) is 11.6 Å². The normalized spacial score (nSPS) is 8.91. The monoisotopic (exact) mass is 178 g/mol. The molecular weight excluding hydrogens is 168 g/mol. The van der Waals surface area contributed by atoms with Gasteiger partial charge >= 0.3 is 6.03 Å². The lowest BCUT2D eigenvalue weighted by Gasteiger charge is -2.02. The van der Waals surface area contributed by atoms with E-state index in [0.717, 1.165) is 6.42 Å². The summed E-state index contributed by atoms with van der Waals surface area (Å²) in [4.78, 5) is 21.2. The molecule has 11 heavy (non-hydrogen) atoms. The molecule has 4 nitrogen and oxygen atoms in total. The van der Waals surface area contributed by atoms with Crippen LogP contribution in [0.15, 0.2) is 0 Å². The molecule has 0 aliphatic rings. The van der Waals surface area contributed by atoms with Crippen molar-refractivity contribution in [2.24, 2.45) is 0 Å². The van der Waals surface area contributed by atoms with Gasteiger partial charge in [-0.15, -0.1) is 11.6 Å². The van der Waals surface area contributed by atoms with Gasteiger partial charge in [0, 0.05) is 6.54 Å². The van der Waals surface area contributed by atoms with Crippen molar-refractivity contribution in [1.82, 2.24) is 10.6 Å². The molecule has 0 unspecified atom stereocenters. The van der Waals surface area contributed by atoms with Gasteiger partial charge in [-0.2, -0.15) is 0 Å². The van der Waals surface area contributed by atoms with E-state index in [9.17, 15) is 9.59 Å². The van der Waals surface area contributed by atoms with Crippen molar-refractivity contribution in [2.75, 3.05) is 12.4 Å². The zero-order chi connectivity index (χ0) is 8.69. The number of alkyl halides is 1. The maximum absolute atomic E-state index is 10.7. The number of urea groups is 1. The quantitative estimate of drug-likeness (QED) is 0.617. The van der Waals surface area contributed by atoms with Crippen LogP contribution >= 0.6 is 11.6 Å². The number of carbonyl (C=O) groups excluding carboxylic acids is 2. The second kappa shape index (κ2) is 5.97. The minimum absolute atomic E-state index is 0.195. The summed E-state index contributed by atoms with van der Waals surface area (Å²) in [5.41, 5.74) is 0. The molecule has 64 valence electrons. The van der Waals surface area contributed by atoms with Crippen LogP contribution in [0.1, 0.15) is 13.3 Å². The third-order valence-electron chi connectivity index (χ3n) is 0.910. The van der Waals surface area contributed by atoms with Crippen molar-refractivity contribution in [3.05, 3.63) is 0 Å². The average molecular weight is 179 g/mol. The van der Waals surface area contributed by atoms with Crippen LogP contribution in [0.3, 0.4) is 0 Å². The Labute approximate surface area is 70.3 Å². The third kappa shape index (κ3) is 5.66. The fourth-order valence-electron chi connectivity index (χ4n) is 0.443. The Morgan fingerprint density at radius 2 is 2.09 bits per heavy atom. The molecule has 0 spiro atoms. The third-order valence-corrected chi connectivity index (χ3v) is 1.15. The van der Waals surface area contributed by atoms with Gasteiger partial charge in [-0.3, -0.25) is 10.1 Å². The summed E-state index contributed by atoms with van der Waals surface area (Å²) in [6.45, 7) is 2.48. The smallest absolute Gasteiger partial charge is 0.321 e. The number of nitrogens with one attached hydrogen (secondary N) is 2. The van der Waals surface area contributed by atoms with E-state index in [1.54, 1.807) is 0 Å². The van der Waals surface area contributed by atoms with E-state index in [1.807, 2.05) is 12.2 Å². The highest BCUT2D eigenvalue weighted by Gasteiger charge is 2.03. The first-order valence-electron chi connectivity index (χ1n) is 3.34. The molecule has 0 saturated carbocycles. The summed E-state index contributed by atoms with van der Waals surface area (Å²) >= 11 is 5.14. The molecule has 0 bridgehead atoms. The Bertz CT molecular complexity index is 150. The van der Waals surface area contributed by atoms with E-state index in [-0.39, 0.29) is 5.88 Å². The molecule has 5 heteroatoms. The number of halogens is 1. The maximum Gasteiger partial charge on any atom is 0.321 e. The van der Waals surface area contributed by atoms with Crippen LogP contribution in [0.2, 0.25) is 0 Å². The van der Waals surface area contributed by atoms with Crippen LogP contribution in [0.4, 0.5) is 4.79 Å². The predicted molar refractivity (Wildman–Crippen MR) is 42.6 cm³/mol. The molecule has 0 aromatic heterocycles. The SMILES string of the molecule is CCCNC(=O)NC(=O)CCl. The molecule has 0 radical (unpaired) electrons. The fraction of sp³-hybridized carbons (Fsp3) is 0.667. The molecule has 0 aliphatic heterocycles. The van der Waals surface area contributed by atoms with Gasteiger partial charge in [0.2, 0.25) is 5.91 Å². The summed E-state index contributed by atoms with van der Waals surface area (Å²) in [6, 6.07) is -0.488. The van der Waals surface area contributed by atoms with Gasteiger partial charge in [0.05, 0.1) is 0 Å². The average Bonchev–Trinajstić information content (AvgIpc) is 2.00. The molecule has 0 aliphatic carbocycles. The van der Waals surface area contributed by atoms with Crippen LogP contribution in [0.5, 0.6) is 0 Å². The van der Waals surface area contributed by atoms with E-state index < -0.39 is 11.9 Å². The van der Waals surface area contributed by atoms with Crippen molar-refractivity contribution >= 4 is 23.5 Å². The Kier molecular flexibility index (Phi) is 5.56. The van der Waals surface area contributed by atoms with Gasteiger partial charge in [-0.05, 0) is 6.42 Å². The van der Waals surface area contributed by atoms with Gasteiger partial charge < -0.3 is 5.32 Å². The van der Waals surface area contributed by atoms with Gasteiger partial charge in [0.25, 0.3) is 0 Å². The van der Waals surface area contributed by atoms with Crippen LogP contribution in [-0.2, 0) is 4.79 Å². The van der Waals surface area contributed by atoms with Gasteiger partial charge in [-0.1, -0.05) is 6.92 Å². The van der Waals surface area contributed by atoms with Gasteiger partial charge in [0.1, 0.15) is 5.88 Å². The summed E-state index contributed by atoms with van der Waals surface area (Å²) in [6.07, 6.45) is 0.836. The zero-order valence-electron chi connectivity index (χ0n) is 6.32. The molecule has 0 aromatic rings. The maximum atomic E-state index is 10.7. The number of amides is 3. The zero-order valence-corrected chi connectivity index (χ0v) is 7.07. The number of rotatable bonds is 3. The molecule has 0 fully saturated rings. The first-order valence-corrected chi connectivity index (χ1v) is 3.87. The van der Waals surface area contributed by atoms with Crippen LogP contribution < -0.4 is 10.6 Å². The predicted octanol–water partition coefficient (Wildman–Crippen LogP) is 0.461. The fourth-order valence-corrected chi connectivity index (χ4v) is 0.510. The standard InChI is InChI=1S/C6H11ClN2O2/c1-2-3-8-6(11)9-5(10)4-7/h2-4H2,1H3,(H2,8,9,10,11). The second-order valence-electron chi connectivity index (χ2n) is 1.94. The highest BCUT2D eigenvalue weighted by atomic mass is 35.5. The highest BCUT2D eigenvalue weighted by molar-refractivity contribution is 6.28. The number of hydrogen-bond acceptors (Lipinski definition) is 2. The topological polar surface area (TPSA) is 58.2 Å². The van der Waals surface area contributed by atoms with Gasteiger partial charge in [0.15, 0.2) is 0 Å². The van der Waals surface area contributed by atoms with Crippen LogP contribution in [0.25, 0.3) is 0 Å². The molecular formula is C6H11ClN2O2. The lowest BCUT2D eigenvalue weighted by molar-refractivity contribution is -0.117. The highest BCUT2D eigenvalue weighted by Crippen LogP contribution is 1.75. The van der Waals surface area contributed by atoms with Crippen molar-refractivity contribution < 1.29 is 9.59 Å². The van der Waals surface area contributed by atoms with E-state index in [0.29, 0.717) is 6.54 Å². The Morgan fingerprint density at radius 3 is 2.55 bits per heavy atom. The molecule has 0 atom stereocenters. The summed E-state index contributed by atoms with van der Waals surface area (Å²) in [7, 11) is 0. The molecule has 3 amide bonds. The molecule has 2 N–H and O–H groups in total.